The summed E-state index contributed by atoms with van der Waals surface area (Å²) in [4.78, 5) is 12.2. The molecule has 1 aliphatic rings. The van der Waals surface area contributed by atoms with E-state index in [0.717, 1.165) is 37.4 Å². The van der Waals surface area contributed by atoms with Gasteiger partial charge in [-0.15, -0.1) is 0 Å². The fourth-order valence-corrected chi connectivity index (χ4v) is 2.72. The molecule has 0 bridgehead atoms. The number of fused-ring (bicyclic) bond motifs is 1. The molecule has 1 N–H and O–H groups in total. The number of piperidine rings is 1. The summed E-state index contributed by atoms with van der Waals surface area (Å²) in [5, 5.41) is 3.94. The molecular weight excluding hydrogens is 254 g/mol. The molecule has 106 valence electrons. The average molecular weight is 273 g/mol. The molecule has 1 aromatic carbocycles. The van der Waals surface area contributed by atoms with Gasteiger partial charge in [-0.1, -0.05) is 0 Å². The highest BCUT2D eigenvalue weighted by atomic mass is 16.5. The van der Waals surface area contributed by atoms with E-state index in [2.05, 4.69) is 5.32 Å². The van der Waals surface area contributed by atoms with Crippen molar-refractivity contribution in [3.63, 3.8) is 0 Å². The normalized spacial score (nSPS) is 16.4. The molecule has 0 amide bonds. The first-order valence-electron chi connectivity index (χ1n) is 7.19. The Labute approximate surface area is 117 Å². The van der Waals surface area contributed by atoms with Crippen molar-refractivity contribution < 1.29 is 9.15 Å². The van der Waals surface area contributed by atoms with E-state index >= 15 is 0 Å². The van der Waals surface area contributed by atoms with Gasteiger partial charge in [-0.05, 0) is 45.0 Å². The zero-order chi connectivity index (χ0) is 13.9. The van der Waals surface area contributed by atoms with Gasteiger partial charge in [-0.2, -0.15) is 0 Å². The minimum atomic E-state index is 0.0304. The second-order valence-electron chi connectivity index (χ2n) is 5.13. The topological polar surface area (TPSA) is 51.5 Å². The maximum atomic E-state index is 12.2. The summed E-state index contributed by atoms with van der Waals surface area (Å²) in [5.74, 6) is 1.88. The Balaban J connectivity index is 2.03. The van der Waals surface area contributed by atoms with Crippen LogP contribution in [0.3, 0.4) is 0 Å². The molecule has 2 heterocycles. The summed E-state index contributed by atoms with van der Waals surface area (Å²) in [6.45, 7) is 4.49. The average Bonchev–Trinajstić information content (AvgIpc) is 2.48. The van der Waals surface area contributed by atoms with Crippen LogP contribution in [0.5, 0.6) is 5.75 Å². The molecule has 1 aliphatic heterocycles. The second-order valence-corrected chi connectivity index (χ2v) is 5.13. The first kappa shape index (κ1) is 13.2. The minimum absolute atomic E-state index is 0.0304. The van der Waals surface area contributed by atoms with Crippen LogP contribution in [-0.2, 0) is 0 Å². The van der Waals surface area contributed by atoms with Crippen LogP contribution in [0.15, 0.2) is 33.5 Å². The van der Waals surface area contributed by atoms with Gasteiger partial charge in [0.15, 0.2) is 5.43 Å². The first-order chi connectivity index (χ1) is 9.78. The van der Waals surface area contributed by atoms with Crippen molar-refractivity contribution in [1.82, 2.24) is 5.32 Å². The number of hydrogen-bond donors (Lipinski definition) is 1. The minimum Gasteiger partial charge on any atom is -0.494 e. The molecule has 1 fully saturated rings. The van der Waals surface area contributed by atoms with Gasteiger partial charge < -0.3 is 14.5 Å². The molecule has 4 nitrogen and oxygen atoms in total. The van der Waals surface area contributed by atoms with E-state index in [9.17, 15) is 4.79 Å². The third kappa shape index (κ3) is 2.56. The SMILES string of the molecule is CCOc1ccc2c(=O)cc(C3CCNCC3)oc2c1. The Bertz CT molecular complexity index is 656. The number of benzene rings is 1. The summed E-state index contributed by atoms with van der Waals surface area (Å²) in [7, 11) is 0. The summed E-state index contributed by atoms with van der Waals surface area (Å²) < 4.78 is 11.4. The van der Waals surface area contributed by atoms with E-state index < -0.39 is 0 Å². The smallest absolute Gasteiger partial charge is 0.192 e. The standard InChI is InChI=1S/C16H19NO3/c1-2-19-12-3-4-13-14(18)10-15(20-16(13)9-12)11-5-7-17-8-6-11/h3-4,9-11,17H,2,5-8H2,1H3. The van der Waals surface area contributed by atoms with Gasteiger partial charge in [0.2, 0.25) is 0 Å². The van der Waals surface area contributed by atoms with E-state index in [0.29, 0.717) is 23.5 Å². The van der Waals surface area contributed by atoms with Crippen LogP contribution in [0.4, 0.5) is 0 Å². The van der Waals surface area contributed by atoms with Crippen LogP contribution in [0, 0.1) is 0 Å². The molecule has 0 radical (unpaired) electrons. The molecule has 2 aromatic rings. The third-order valence-electron chi connectivity index (χ3n) is 3.77. The maximum Gasteiger partial charge on any atom is 0.192 e. The van der Waals surface area contributed by atoms with Crippen molar-refractivity contribution in [1.29, 1.82) is 0 Å². The first-order valence-corrected chi connectivity index (χ1v) is 7.19. The van der Waals surface area contributed by atoms with Crippen molar-refractivity contribution in [3.05, 3.63) is 40.2 Å². The predicted octanol–water partition coefficient (Wildman–Crippen LogP) is 2.66. The van der Waals surface area contributed by atoms with Crippen molar-refractivity contribution in [2.75, 3.05) is 19.7 Å². The third-order valence-corrected chi connectivity index (χ3v) is 3.77. The Kier molecular flexibility index (Phi) is 3.74. The Hall–Kier alpha value is -1.81. The molecule has 0 spiro atoms. The maximum absolute atomic E-state index is 12.2. The molecular formula is C16H19NO3. The largest absolute Gasteiger partial charge is 0.494 e. The van der Waals surface area contributed by atoms with Gasteiger partial charge in [-0.25, -0.2) is 0 Å². The lowest BCUT2D eigenvalue weighted by Crippen LogP contribution is -2.27. The quantitative estimate of drug-likeness (QED) is 0.934. The zero-order valence-corrected chi connectivity index (χ0v) is 11.6. The van der Waals surface area contributed by atoms with Crippen LogP contribution >= 0.6 is 0 Å². The lowest BCUT2D eigenvalue weighted by atomic mass is 9.95. The van der Waals surface area contributed by atoms with E-state index in [1.54, 1.807) is 12.1 Å². The van der Waals surface area contributed by atoms with Crippen LogP contribution in [-0.4, -0.2) is 19.7 Å². The van der Waals surface area contributed by atoms with Gasteiger partial charge in [-0.3, -0.25) is 4.79 Å². The summed E-state index contributed by atoms with van der Waals surface area (Å²) in [6.07, 6.45) is 2.03. The molecule has 4 heteroatoms. The van der Waals surface area contributed by atoms with Crippen molar-refractivity contribution in [3.8, 4) is 5.75 Å². The molecule has 0 unspecified atom stereocenters. The molecule has 0 atom stereocenters. The lowest BCUT2D eigenvalue weighted by molar-refractivity contribution is 0.339. The number of nitrogens with one attached hydrogen (secondary N) is 1. The molecule has 1 saturated heterocycles. The zero-order valence-electron chi connectivity index (χ0n) is 11.6. The molecule has 20 heavy (non-hydrogen) atoms. The summed E-state index contributed by atoms with van der Waals surface area (Å²) >= 11 is 0. The monoisotopic (exact) mass is 273 g/mol. The Morgan fingerprint density at radius 3 is 2.85 bits per heavy atom. The van der Waals surface area contributed by atoms with Crippen LogP contribution in [0.1, 0.15) is 31.4 Å². The van der Waals surface area contributed by atoms with Gasteiger partial charge in [0, 0.05) is 18.1 Å². The lowest BCUT2D eigenvalue weighted by Gasteiger charge is -2.21. The highest BCUT2D eigenvalue weighted by Gasteiger charge is 2.19. The van der Waals surface area contributed by atoms with Crippen LogP contribution < -0.4 is 15.5 Å². The Morgan fingerprint density at radius 1 is 1.30 bits per heavy atom. The van der Waals surface area contributed by atoms with Gasteiger partial charge in [0.1, 0.15) is 17.1 Å². The van der Waals surface area contributed by atoms with Crippen LogP contribution in [0.2, 0.25) is 0 Å². The van der Waals surface area contributed by atoms with Crippen molar-refractivity contribution >= 4 is 11.0 Å². The Morgan fingerprint density at radius 2 is 2.10 bits per heavy atom. The van der Waals surface area contributed by atoms with Gasteiger partial charge in [0.05, 0.1) is 12.0 Å². The summed E-state index contributed by atoms with van der Waals surface area (Å²) in [5.41, 5.74) is 0.653. The predicted molar refractivity (Wildman–Crippen MR) is 78.5 cm³/mol. The van der Waals surface area contributed by atoms with Crippen molar-refractivity contribution in [2.45, 2.75) is 25.7 Å². The van der Waals surface area contributed by atoms with Gasteiger partial charge >= 0.3 is 0 Å². The van der Waals surface area contributed by atoms with E-state index in [1.165, 1.54) is 0 Å². The summed E-state index contributed by atoms with van der Waals surface area (Å²) in [6, 6.07) is 7.05. The molecule has 3 rings (SSSR count). The number of ether oxygens (including phenoxy) is 1. The van der Waals surface area contributed by atoms with E-state index in [-0.39, 0.29) is 5.43 Å². The molecule has 0 aliphatic carbocycles. The highest BCUT2D eigenvalue weighted by molar-refractivity contribution is 5.78. The number of hydrogen-bond acceptors (Lipinski definition) is 4. The second kappa shape index (κ2) is 5.67. The fraction of sp³-hybridized carbons (Fsp3) is 0.438. The fourth-order valence-electron chi connectivity index (χ4n) is 2.72. The van der Waals surface area contributed by atoms with Gasteiger partial charge in [0.25, 0.3) is 0 Å². The number of rotatable bonds is 3. The van der Waals surface area contributed by atoms with Crippen molar-refractivity contribution in [2.24, 2.45) is 0 Å². The van der Waals surface area contributed by atoms with E-state index in [1.807, 2.05) is 19.1 Å². The highest BCUT2D eigenvalue weighted by Crippen LogP contribution is 2.27. The molecule has 0 saturated carbocycles. The van der Waals surface area contributed by atoms with E-state index in [4.69, 9.17) is 9.15 Å². The molecule has 1 aromatic heterocycles. The van der Waals surface area contributed by atoms with Crippen LogP contribution in [0.25, 0.3) is 11.0 Å².